The molecule has 8 nitrogen and oxygen atoms in total. The zero-order chi connectivity index (χ0) is 20.4. The van der Waals surface area contributed by atoms with Gasteiger partial charge in [-0.2, -0.15) is 0 Å². The number of carboxylic acid groups (broad SMARTS) is 1. The lowest BCUT2D eigenvalue weighted by atomic mass is 10.1. The van der Waals surface area contributed by atoms with Crippen LogP contribution in [0.3, 0.4) is 0 Å². The van der Waals surface area contributed by atoms with Crippen LogP contribution in [0, 0.1) is 0 Å². The second kappa shape index (κ2) is 7.51. The van der Waals surface area contributed by atoms with Crippen LogP contribution in [0.5, 0.6) is 0 Å². The van der Waals surface area contributed by atoms with Crippen LogP contribution in [0.25, 0.3) is 21.8 Å². The molecule has 4 rings (SSSR count). The summed E-state index contributed by atoms with van der Waals surface area (Å²) in [7, 11) is 0. The molecule has 2 aromatic carbocycles. The molecule has 0 radical (unpaired) electrons. The van der Waals surface area contributed by atoms with E-state index in [4.69, 9.17) is 5.11 Å². The first kappa shape index (κ1) is 18.3. The van der Waals surface area contributed by atoms with Crippen LogP contribution in [0.4, 0.5) is 10.5 Å². The van der Waals surface area contributed by atoms with E-state index in [-0.39, 0.29) is 11.0 Å². The maximum atomic E-state index is 12.6. The van der Waals surface area contributed by atoms with Crippen molar-refractivity contribution in [2.75, 3.05) is 11.9 Å². The Hall–Kier alpha value is -4.07. The van der Waals surface area contributed by atoms with Crippen LogP contribution in [0.2, 0.25) is 0 Å². The highest BCUT2D eigenvalue weighted by atomic mass is 16.4. The number of benzene rings is 2. The number of amides is 2. The van der Waals surface area contributed by atoms with E-state index in [0.29, 0.717) is 29.6 Å². The van der Waals surface area contributed by atoms with Crippen molar-refractivity contribution in [1.82, 2.24) is 15.3 Å². The molecule has 29 heavy (non-hydrogen) atoms. The van der Waals surface area contributed by atoms with Gasteiger partial charge in [0.1, 0.15) is 5.56 Å². The fourth-order valence-electron chi connectivity index (χ4n) is 3.31. The lowest BCUT2D eigenvalue weighted by Crippen LogP contribution is -2.23. The molecule has 0 fully saturated rings. The molecule has 0 saturated heterocycles. The third kappa shape index (κ3) is 3.68. The number of pyridine rings is 1. The number of nitrogens with one attached hydrogen (secondary N) is 4. The monoisotopic (exact) mass is 390 g/mol. The van der Waals surface area contributed by atoms with Crippen molar-refractivity contribution >= 4 is 39.5 Å². The summed E-state index contributed by atoms with van der Waals surface area (Å²) in [5, 5.41) is 15.2. The standard InChI is InChI=1S/C21H18N4O4/c26-19-15-3-1-2-4-17(15)24-11-16(19)20(27)25-13-5-6-14-12(7-8-22-21(28)29)10-23-18(14)9-13/h1-6,9-11,22-23H,7-8H2,(H,24,26)(H,25,27)(H,28,29). The topological polar surface area (TPSA) is 127 Å². The molecular formula is C21H18N4O4. The van der Waals surface area contributed by atoms with Crippen LogP contribution < -0.4 is 16.1 Å². The highest BCUT2D eigenvalue weighted by molar-refractivity contribution is 6.06. The van der Waals surface area contributed by atoms with E-state index in [1.165, 1.54) is 6.20 Å². The predicted octanol–water partition coefficient (Wildman–Crippen LogP) is 3.07. The summed E-state index contributed by atoms with van der Waals surface area (Å²) in [5.41, 5.74) is 2.71. The Bertz CT molecular complexity index is 1290. The first-order valence-electron chi connectivity index (χ1n) is 9.01. The Morgan fingerprint density at radius 3 is 2.59 bits per heavy atom. The van der Waals surface area contributed by atoms with Crippen molar-refractivity contribution in [3.63, 3.8) is 0 Å². The maximum Gasteiger partial charge on any atom is 0.404 e. The Morgan fingerprint density at radius 2 is 1.76 bits per heavy atom. The molecule has 0 atom stereocenters. The molecular weight excluding hydrogens is 372 g/mol. The van der Waals surface area contributed by atoms with E-state index in [9.17, 15) is 14.4 Å². The van der Waals surface area contributed by atoms with Crippen molar-refractivity contribution in [3.8, 4) is 0 Å². The summed E-state index contributed by atoms with van der Waals surface area (Å²) in [6.07, 6.45) is 2.72. The zero-order valence-corrected chi connectivity index (χ0v) is 15.3. The van der Waals surface area contributed by atoms with Gasteiger partial charge in [0, 0.05) is 46.4 Å². The second-order valence-electron chi connectivity index (χ2n) is 6.59. The summed E-state index contributed by atoms with van der Waals surface area (Å²) in [4.78, 5) is 41.9. The number of aromatic amines is 2. The van der Waals surface area contributed by atoms with Crippen molar-refractivity contribution in [2.45, 2.75) is 6.42 Å². The molecule has 4 aromatic rings. The number of carbonyl (C=O) groups is 2. The molecule has 146 valence electrons. The molecule has 0 aliphatic carbocycles. The second-order valence-corrected chi connectivity index (χ2v) is 6.59. The van der Waals surface area contributed by atoms with Gasteiger partial charge in [0.15, 0.2) is 0 Å². The molecule has 2 aromatic heterocycles. The minimum absolute atomic E-state index is 0.0377. The lowest BCUT2D eigenvalue weighted by Gasteiger charge is -2.07. The lowest BCUT2D eigenvalue weighted by molar-refractivity contribution is 0.102. The van der Waals surface area contributed by atoms with Gasteiger partial charge >= 0.3 is 6.09 Å². The molecule has 8 heteroatoms. The number of para-hydroxylation sites is 1. The first-order valence-corrected chi connectivity index (χ1v) is 9.01. The number of hydrogen-bond donors (Lipinski definition) is 5. The van der Waals surface area contributed by atoms with Crippen molar-refractivity contribution in [1.29, 1.82) is 0 Å². The third-order valence-electron chi connectivity index (χ3n) is 4.73. The van der Waals surface area contributed by atoms with E-state index in [1.54, 1.807) is 30.3 Å². The van der Waals surface area contributed by atoms with Crippen molar-refractivity contribution in [3.05, 3.63) is 76.2 Å². The molecule has 0 aliphatic rings. The highest BCUT2D eigenvalue weighted by Gasteiger charge is 2.14. The molecule has 0 saturated carbocycles. The zero-order valence-electron chi connectivity index (χ0n) is 15.3. The number of anilines is 1. The Morgan fingerprint density at radius 1 is 0.966 bits per heavy atom. The van der Waals surface area contributed by atoms with Gasteiger partial charge in [-0.25, -0.2) is 4.79 Å². The summed E-state index contributed by atoms with van der Waals surface area (Å²) < 4.78 is 0. The number of H-pyrrole nitrogens is 2. The Kier molecular flexibility index (Phi) is 4.74. The SMILES string of the molecule is O=C(O)NCCc1c[nH]c2cc(NC(=O)c3c[nH]c4ccccc4c3=O)ccc12. The number of hydrogen-bond acceptors (Lipinski definition) is 3. The smallest absolute Gasteiger partial charge is 0.404 e. The summed E-state index contributed by atoms with van der Waals surface area (Å²) in [6.45, 7) is 0.311. The predicted molar refractivity (Wildman–Crippen MR) is 111 cm³/mol. The van der Waals surface area contributed by atoms with Gasteiger partial charge in [-0.15, -0.1) is 0 Å². The molecule has 2 amide bonds. The number of fused-ring (bicyclic) bond motifs is 2. The van der Waals surface area contributed by atoms with Crippen LogP contribution in [0.1, 0.15) is 15.9 Å². The number of carbonyl (C=O) groups excluding carboxylic acids is 1. The van der Waals surface area contributed by atoms with Gasteiger partial charge in [-0.05, 0) is 36.2 Å². The summed E-state index contributed by atoms with van der Waals surface area (Å²) >= 11 is 0. The van der Waals surface area contributed by atoms with E-state index < -0.39 is 12.0 Å². The van der Waals surface area contributed by atoms with Gasteiger partial charge in [0.05, 0.1) is 0 Å². The largest absolute Gasteiger partial charge is 0.465 e. The number of rotatable bonds is 5. The van der Waals surface area contributed by atoms with Gasteiger partial charge in [-0.3, -0.25) is 9.59 Å². The molecule has 0 aliphatic heterocycles. The van der Waals surface area contributed by atoms with Gasteiger partial charge in [-0.1, -0.05) is 18.2 Å². The van der Waals surface area contributed by atoms with Gasteiger partial charge < -0.3 is 25.7 Å². The van der Waals surface area contributed by atoms with E-state index >= 15 is 0 Å². The average molecular weight is 390 g/mol. The highest BCUT2D eigenvalue weighted by Crippen LogP contribution is 2.22. The van der Waals surface area contributed by atoms with Crippen LogP contribution in [-0.2, 0) is 6.42 Å². The minimum Gasteiger partial charge on any atom is -0.465 e. The van der Waals surface area contributed by atoms with E-state index in [0.717, 1.165) is 16.5 Å². The molecule has 0 spiro atoms. The summed E-state index contributed by atoms with van der Waals surface area (Å²) in [5.74, 6) is -0.492. The maximum absolute atomic E-state index is 12.6. The Balaban J connectivity index is 1.55. The molecule has 5 N–H and O–H groups in total. The van der Waals surface area contributed by atoms with Crippen molar-refractivity contribution < 1.29 is 14.7 Å². The van der Waals surface area contributed by atoms with Crippen LogP contribution >= 0.6 is 0 Å². The molecule has 0 bridgehead atoms. The van der Waals surface area contributed by atoms with E-state index in [1.807, 2.05) is 18.3 Å². The average Bonchev–Trinajstić information content (AvgIpc) is 3.10. The van der Waals surface area contributed by atoms with Crippen molar-refractivity contribution in [2.24, 2.45) is 0 Å². The molecule has 2 heterocycles. The Labute approximate surface area is 164 Å². The molecule has 0 unspecified atom stereocenters. The third-order valence-corrected chi connectivity index (χ3v) is 4.73. The summed E-state index contributed by atoms with van der Waals surface area (Å²) in [6, 6.07) is 12.4. The van der Waals surface area contributed by atoms with Crippen LogP contribution in [-0.4, -0.2) is 33.6 Å². The fourth-order valence-corrected chi connectivity index (χ4v) is 3.31. The minimum atomic E-state index is -1.06. The van der Waals surface area contributed by atoms with Gasteiger partial charge in [0.2, 0.25) is 5.43 Å². The van der Waals surface area contributed by atoms with Crippen LogP contribution in [0.15, 0.2) is 59.7 Å². The van der Waals surface area contributed by atoms with Gasteiger partial charge in [0.25, 0.3) is 5.91 Å². The first-order chi connectivity index (χ1) is 14.0. The quantitative estimate of drug-likeness (QED) is 0.359. The fraction of sp³-hybridized carbons (Fsp3) is 0.0952. The normalized spacial score (nSPS) is 10.9. The van der Waals surface area contributed by atoms with E-state index in [2.05, 4.69) is 20.6 Å². The number of aromatic nitrogens is 2.